The van der Waals surface area contributed by atoms with E-state index in [0.717, 1.165) is 44.0 Å². The van der Waals surface area contributed by atoms with Crippen molar-refractivity contribution < 1.29 is 9.32 Å². The Balaban J connectivity index is 1.25. The fourth-order valence-electron chi connectivity index (χ4n) is 4.29. The minimum Gasteiger partial charge on any atom is -0.355 e. The van der Waals surface area contributed by atoms with Crippen molar-refractivity contribution in [2.24, 2.45) is 5.41 Å². The van der Waals surface area contributed by atoms with Gasteiger partial charge >= 0.3 is 0 Å². The third-order valence-corrected chi connectivity index (χ3v) is 5.93. The van der Waals surface area contributed by atoms with Crippen LogP contribution in [0.2, 0.25) is 0 Å². The molecule has 3 aromatic rings. The smallest absolute Gasteiger partial charge is 0.278 e. The standard InChI is InChI=1S/C21H22N6O2/c1-15-22-20(29-25-15)17-7-8-18(24-23-17)26-11-9-21(10-12-26)13-19(28)27(14-21)16-5-3-2-4-6-16/h2-8H,9-14H2,1H3. The molecule has 2 aliphatic heterocycles. The van der Waals surface area contributed by atoms with Gasteiger partial charge in [-0.15, -0.1) is 10.2 Å². The van der Waals surface area contributed by atoms with E-state index in [2.05, 4.69) is 25.2 Å². The molecule has 5 rings (SSSR count). The van der Waals surface area contributed by atoms with Crippen molar-refractivity contribution >= 4 is 17.4 Å². The first-order valence-electron chi connectivity index (χ1n) is 9.87. The summed E-state index contributed by atoms with van der Waals surface area (Å²) < 4.78 is 5.14. The van der Waals surface area contributed by atoms with E-state index in [1.54, 1.807) is 6.92 Å². The summed E-state index contributed by atoms with van der Waals surface area (Å²) in [5.41, 5.74) is 1.62. The number of aromatic nitrogens is 4. The van der Waals surface area contributed by atoms with Crippen molar-refractivity contribution in [3.8, 4) is 11.6 Å². The van der Waals surface area contributed by atoms with Gasteiger partial charge in [0.15, 0.2) is 17.3 Å². The van der Waals surface area contributed by atoms with Crippen LogP contribution in [0.25, 0.3) is 11.6 Å². The van der Waals surface area contributed by atoms with Gasteiger partial charge in [0.05, 0.1) is 0 Å². The van der Waals surface area contributed by atoms with Crippen LogP contribution in [0.15, 0.2) is 47.0 Å². The van der Waals surface area contributed by atoms with Crippen LogP contribution in [0, 0.1) is 12.3 Å². The molecule has 0 atom stereocenters. The van der Waals surface area contributed by atoms with E-state index in [-0.39, 0.29) is 11.3 Å². The molecule has 0 bridgehead atoms. The Labute approximate surface area is 168 Å². The normalized spacial score (nSPS) is 18.6. The molecule has 0 unspecified atom stereocenters. The highest BCUT2D eigenvalue weighted by Crippen LogP contribution is 2.43. The fourth-order valence-corrected chi connectivity index (χ4v) is 4.29. The van der Waals surface area contributed by atoms with Crippen molar-refractivity contribution in [3.05, 3.63) is 48.3 Å². The minimum atomic E-state index is 0.0536. The van der Waals surface area contributed by atoms with E-state index in [9.17, 15) is 4.79 Å². The second kappa shape index (κ2) is 6.95. The molecule has 29 heavy (non-hydrogen) atoms. The van der Waals surface area contributed by atoms with E-state index in [0.29, 0.717) is 23.8 Å². The van der Waals surface area contributed by atoms with Gasteiger partial charge in [0, 0.05) is 37.2 Å². The lowest BCUT2D eigenvalue weighted by Gasteiger charge is -2.39. The summed E-state index contributed by atoms with van der Waals surface area (Å²) in [7, 11) is 0. The molecule has 148 valence electrons. The van der Waals surface area contributed by atoms with Gasteiger partial charge in [-0.3, -0.25) is 4.79 Å². The van der Waals surface area contributed by atoms with Crippen molar-refractivity contribution in [3.63, 3.8) is 0 Å². The highest BCUT2D eigenvalue weighted by atomic mass is 16.5. The third-order valence-electron chi connectivity index (χ3n) is 5.93. The van der Waals surface area contributed by atoms with Crippen LogP contribution in [-0.2, 0) is 4.79 Å². The molecule has 0 saturated carbocycles. The van der Waals surface area contributed by atoms with Gasteiger partial charge in [0.2, 0.25) is 5.91 Å². The molecule has 2 fully saturated rings. The van der Waals surface area contributed by atoms with E-state index in [1.165, 1.54) is 0 Å². The lowest BCUT2D eigenvalue weighted by molar-refractivity contribution is -0.117. The number of anilines is 2. The van der Waals surface area contributed by atoms with Gasteiger partial charge in [-0.2, -0.15) is 4.98 Å². The first-order valence-corrected chi connectivity index (χ1v) is 9.87. The first kappa shape index (κ1) is 17.8. The average Bonchev–Trinajstić information content (AvgIpc) is 3.33. The van der Waals surface area contributed by atoms with Gasteiger partial charge in [-0.25, -0.2) is 0 Å². The summed E-state index contributed by atoms with van der Waals surface area (Å²) in [6.45, 7) is 4.29. The van der Waals surface area contributed by atoms with Gasteiger partial charge in [0.25, 0.3) is 5.89 Å². The van der Waals surface area contributed by atoms with Crippen LogP contribution in [-0.4, -0.2) is 45.9 Å². The van der Waals surface area contributed by atoms with Gasteiger partial charge in [0.1, 0.15) is 0 Å². The second-order valence-corrected chi connectivity index (χ2v) is 7.90. The Morgan fingerprint density at radius 1 is 1.03 bits per heavy atom. The molecule has 4 heterocycles. The largest absolute Gasteiger partial charge is 0.355 e. The number of carbonyl (C=O) groups is 1. The number of rotatable bonds is 3. The molecule has 0 N–H and O–H groups in total. The molecule has 2 aromatic heterocycles. The lowest BCUT2D eigenvalue weighted by atomic mass is 9.77. The zero-order valence-electron chi connectivity index (χ0n) is 16.3. The summed E-state index contributed by atoms with van der Waals surface area (Å²) >= 11 is 0. The molecular weight excluding hydrogens is 368 g/mol. The molecule has 0 radical (unpaired) electrons. The van der Waals surface area contributed by atoms with Crippen LogP contribution in [0.1, 0.15) is 25.1 Å². The van der Waals surface area contributed by atoms with Gasteiger partial charge in [-0.1, -0.05) is 23.4 Å². The molecule has 8 nitrogen and oxygen atoms in total. The van der Waals surface area contributed by atoms with E-state index >= 15 is 0 Å². The van der Waals surface area contributed by atoms with E-state index in [1.807, 2.05) is 47.4 Å². The predicted octanol–water partition coefficient (Wildman–Crippen LogP) is 2.86. The topological polar surface area (TPSA) is 88.3 Å². The highest BCUT2D eigenvalue weighted by Gasteiger charge is 2.45. The zero-order chi connectivity index (χ0) is 19.8. The quantitative estimate of drug-likeness (QED) is 0.679. The molecule has 2 aliphatic rings. The van der Waals surface area contributed by atoms with Crippen LogP contribution >= 0.6 is 0 Å². The Bertz CT molecular complexity index is 1010. The lowest BCUT2D eigenvalue weighted by Crippen LogP contribution is -2.42. The number of piperidine rings is 1. The van der Waals surface area contributed by atoms with Crippen LogP contribution < -0.4 is 9.80 Å². The monoisotopic (exact) mass is 390 g/mol. The molecule has 1 spiro atoms. The summed E-state index contributed by atoms with van der Waals surface area (Å²) in [5, 5.41) is 12.4. The number of hydrogen-bond acceptors (Lipinski definition) is 7. The number of nitrogens with zero attached hydrogens (tertiary/aromatic N) is 6. The molecular formula is C21H22N6O2. The van der Waals surface area contributed by atoms with Gasteiger partial charge < -0.3 is 14.3 Å². The van der Waals surface area contributed by atoms with Crippen molar-refractivity contribution in [2.45, 2.75) is 26.2 Å². The summed E-state index contributed by atoms with van der Waals surface area (Å²) in [6, 6.07) is 13.8. The number of benzene rings is 1. The predicted molar refractivity (Wildman–Crippen MR) is 107 cm³/mol. The fraction of sp³-hybridized carbons (Fsp3) is 0.381. The van der Waals surface area contributed by atoms with E-state index < -0.39 is 0 Å². The second-order valence-electron chi connectivity index (χ2n) is 7.90. The van der Waals surface area contributed by atoms with Crippen molar-refractivity contribution in [2.75, 3.05) is 29.4 Å². The summed E-state index contributed by atoms with van der Waals surface area (Å²) in [6.07, 6.45) is 2.56. The van der Waals surface area contributed by atoms with Crippen LogP contribution in [0.3, 0.4) is 0 Å². The van der Waals surface area contributed by atoms with Crippen LogP contribution in [0.5, 0.6) is 0 Å². The molecule has 8 heteroatoms. The van der Waals surface area contributed by atoms with Gasteiger partial charge in [-0.05, 0) is 44.0 Å². The Morgan fingerprint density at radius 2 is 1.83 bits per heavy atom. The number of para-hydroxylation sites is 1. The molecule has 1 aromatic carbocycles. The maximum Gasteiger partial charge on any atom is 0.278 e. The SMILES string of the molecule is Cc1noc(-c2ccc(N3CCC4(CC3)CC(=O)N(c3ccccc3)C4)nn2)n1. The van der Waals surface area contributed by atoms with E-state index in [4.69, 9.17) is 4.52 Å². The van der Waals surface area contributed by atoms with Crippen molar-refractivity contribution in [1.82, 2.24) is 20.3 Å². The van der Waals surface area contributed by atoms with Crippen LogP contribution in [0.4, 0.5) is 11.5 Å². The maximum absolute atomic E-state index is 12.6. The maximum atomic E-state index is 12.6. The summed E-state index contributed by atoms with van der Waals surface area (Å²) in [4.78, 5) is 21.0. The average molecular weight is 390 g/mol. The third kappa shape index (κ3) is 3.35. The van der Waals surface area contributed by atoms with Crippen molar-refractivity contribution in [1.29, 1.82) is 0 Å². The number of amides is 1. The minimum absolute atomic E-state index is 0.0536. The number of aryl methyl sites for hydroxylation is 1. The number of hydrogen-bond donors (Lipinski definition) is 0. The number of carbonyl (C=O) groups excluding carboxylic acids is 1. The summed E-state index contributed by atoms with van der Waals surface area (Å²) in [5.74, 6) is 2.01. The highest BCUT2D eigenvalue weighted by molar-refractivity contribution is 5.96. The Kier molecular flexibility index (Phi) is 4.26. The Morgan fingerprint density at radius 3 is 2.48 bits per heavy atom. The zero-order valence-corrected chi connectivity index (χ0v) is 16.3. The molecule has 1 amide bonds. The Hall–Kier alpha value is -3.29. The molecule has 2 saturated heterocycles. The first-order chi connectivity index (χ1) is 14.1. The molecule has 0 aliphatic carbocycles.